The van der Waals surface area contributed by atoms with Crippen LogP contribution in [0.25, 0.3) is 0 Å². The fraction of sp³-hybridized carbons (Fsp3) is 0.714. The minimum Gasteiger partial charge on any atom is -0.340 e. The number of nitro groups is 1. The molecule has 14 heavy (non-hydrogen) atoms. The van der Waals surface area contributed by atoms with Crippen molar-refractivity contribution in [3.63, 3.8) is 0 Å². The fourth-order valence-corrected chi connectivity index (χ4v) is 1.37. The van der Waals surface area contributed by atoms with Crippen LogP contribution in [-0.4, -0.2) is 46.8 Å². The molecular weight excluding hydrogens is 188 g/mol. The molecule has 1 aliphatic heterocycles. The van der Waals surface area contributed by atoms with E-state index in [4.69, 9.17) is 0 Å². The fourth-order valence-electron chi connectivity index (χ4n) is 1.37. The first-order valence-electron chi connectivity index (χ1n) is 4.24. The Morgan fingerprint density at radius 3 is 2.71 bits per heavy atom. The van der Waals surface area contributed by atoms with Gasteiger partial charge in [-0.3, -0.25) is 9.69 Å². The van der Waals surface area contributed by atoms with Gasteiger partial charge in [0.1, 0.15) is 5.10 Å². The van der Waals surface area contributed by atoms with Crippen molar-refractivity contribution >= 4 is 11.9 Å². The Morgan fingerprint density at radius 2 is 2.21 bits per heavy atom. The first-order valence-corrected chi connectivity index (χ1v) is 4.24. The van der Waals surface area contributed by atoms with Gasteiger partial charge in [0.15, 0.2) is 5.03 Å². The molecule has 0 saturated carbocycles. The van der Waals surface area contributed by atoms with E-state index in [1.165, 1.54) is 11.8 Å². The van der Waals surface area contributed by atoms with Crippen LogP contribution in [0.5, 0.6) is 0 Å². The molecule has 1 fully saturated rings. The molecule has 7 nitrogen and oxygen atoms in total. The first-order chi connectivity index (χ1) is 6.52. The third kappa shape index (κ3) is 2.18. The van der Waals surface area contributed by atoms with Crippen molar-refractivity contribution in [2.24, 2.45) is 5.10 Å². The van der Waals surface area contributed by atoms with Crippen LogP contribution in [0.15, 0.2) is 5.10 Å². The number of rotatable bonds is 1. The summed E-state index contributed by atoms with van der Waals surface area (Å²) in [6.45, 7) is 2.54. The number of hydrogen-bond acceptors (Lipinski definition) is 3. The second-order valence-corrected chi connectivity index (χ2v) is 3.08. The number of hydrogen-bond donors (Lipinski definition) is 0. The normalized spacial score (nSPS) is 20.0. The lowest BCUT2D eigenvalue weighted by Gasteiger charge is -2.32. The second-order valence-electron chi connectivity index (χ2n) is 3.08. The van der Waals surface area contributed by atoms with E-state index < -0.39 is 5.03 Å². The summed E-state index contributed by atoms with van der Waals surface area (Å²) in [5.41, 5.74) is 0. The molecule has 0 spiro atoms. The molecule has 1 aliphatic rings. The minimum absolute atomic E-state index is 0.119. The summed E-state index contributed by atoms with van der Waals surface area (Å²) in [7, 11) is 1.68. The maximum atomic E-state index is 11.1. The van der Waals surface area contributed by atoms with E-state index in [0.29, 0.717) is 13.1 Å². The van der Waals surface area contributed by atoms with Crippen molar-refractivity contribution in [2.45, 2.75) is 13.3 Å². The molecule has 1 saturated heterocycles. The zero-order valence-corrected chi connectivity index (χ0v) is 8.13. The van der Waals surface area contributed by atoms with E-state index in [1.54, 1.807) is 11.9 Å². The summed E-state index contributed by atoms with van der Waals surface area (Å²) in [6, 6.07) is 0. The van der Waals surface area contributed by atoms with Crippen molar-refractivity contribution < 1.29 is 9.83 Å². The lowest BCUT2D eigenvalue weighted by molar-refractivity contribution is -0.486. The summed E-state index contributed by atoms with van der Waals surface area (Å²) >= 11 is 0. The molecule has 0 aromatic rings. The largest absolute Gasteiger partial charge is 0.340 e. The van der Waals surface area contributed by atoms with Crippen LogP contribution in [0, 0.1) is 10.1 Å². The molecule has 78 valence electrons. The molecule has 1 rings (SSSR count). The van der Waals surface area contributed by atoms with Crippen LogP contribution in [0.1, 0.15) is 13.3 Å². The maximum absolute atomic E-state index is 11.1. The predicted octanol–water partition coefficient (Wildman–Crippen LogP) is -0.282. The molecule has 7 heteroatoms. The Labute approximate surface area is 81.1 Å². The molecular formula is C7H12N4O3. The van der Waals surface area contributed by atoms with Crippen molar-refractivity contribution in [1.82, 2.24) is 9.80 Å². The summed E-state index contributed by atoms with van der Waals surface area (Å²) in [4.78, 5) is 24.3. The van der Waals surface area contributed by atoms with E-state index in [2.05, 4.69) is 5.10 Å². The summed E-state index contributed by atoms with van der Waals surface area (Å²) in [5, 5.41) is 12.6. The van der Waals surface area contributed by atoms with E-state index >= 15 is 0 Å². The van der Waals surface area contributed by atoms with E-state index in [1.807, 2.05) is 0 Å². The molecule has 0 unspecified atom stereocenters. The minimum atomic E-state index is -0.785. The van der Waals surface area contributed by atoms with Crippen LogP contribution >= 0.6 is 0 Å². The van der Waals surface area contributed by atoms with Gasteiger partial charge in [-0.05, 0) is 6.42 Å². The highest BCUT2D eigenvalue weighted by Crippen LogP contribution is 2.07. The number of hydrazone groups is 1. The average Bonchev–Trinajstić information content (AvgIpc) is 2.07. The lowest BCUT2D eigenvalue weighted by Crippen LogP contribution is -2.50. The highest BCUT2D eigenvalue weighted by Gasteiger charge is 2.26. The SMILES string of the molecule is CC(=O)N1CCCN(C)/C1=N\[N+](=O)[O-]. The molecule has 0 N–H and O–H groups in total. The van der Waals surface area contributed by atoms with Crippen LogP contribution in [0.4, 0.5) is 0 Å². The van der Waals surface area contributed by atoms with Crippen molar-refractivity contribution in [3.05, 3.63) is 10.1 Å². The zero-order chi connectivity index (χ0) is 10.7. The Balaban J connectivity index is 2.92. The van der Waals surface area contributed by atoms with Crippen LogP contribution < -0.4 is 0 Å². The highest BCUT2D eigenvalue weighted by atomic mass is 16.7. The molecule has 0 atom stereocenters. The third-order valence-corrected chi connectivity index (χ3v) is 2.01. The van der Waals surface area contributed by atoms with Crippen molar-refractivity contribution in [2.75, 3.05) is 20.1 Å². The second kappa shape index (κ2) is 4.03. The standard InChI is InChI=1S/C7H12N4O3/c1-6(12)10-5-3-4-9(2)7(10)8-11(13)14/h3-5H2,1-2H3/b8-7+. The van der Waals surface area contributed by atoms with E-state index in [9.17, 15) is 14.9 Å². The lowest BCUT2D eigenvalue weighted by atomic mass is 10.3. The van der Waals surface area contributed by atoms with Gasteiger partial charge in [-0.2, -0.15) is 0 Å². The molecule has 0 bridgehead atoms. The van der Waals surface area contributed by atoms with Gasteiger partial charge in [0, 0.05) is 27.1 Å². The predicted molar refractivity (Wildman–Crippen MR) is 49.1 cm³/mol. The molecule has 0 radical (unpaired) electrons. The van der Waals surface area contributed by atoms with Gasteiger partial charge < -0.3 is 4.90 Å². The van der Waals surface area contributed by atoms with E-state index in [-0.39, 0.29) is 11.9 Å². The monoisotopic (exact) mass is 200 g/mol. The van der Waals surface area contributed by atoms with Gasteiger partial charge in [-0.25, -0.2) is 10.1 Å². The third-order valence-electron chi connectivity index (χ3n) is 2.01. The van der Waals surface area contributed by atoms with E-state index in [0.717, 1.165) is 6.42 Å². The summed E-state index contributed by atoms with van der Waals surface area (Å²) in [6.07, 6.45) is 0.798. The summed E-state index contributed by atoms with van der Waals surface area (Å²) < 4.78 is 0. The topological polar surface area (TPSA) is 79.0 Å². The van der Waals surface area contributed by atoms with Crippen molar-refractivity contribution in [1.29, 1.82) is 0 Å². The molecule has 0 aliphatic carbocycles. The van der Waals surface area contributed by atoms with Crippen LogP contribution in [-0.2, 0) is 4.79 Å². The van der Waals surface area contributed by atoms with Gasteiger partial charge in [0.25, 0.3) is 5.96 Å². The first kappa shape index (κ1) is 10.4. The van der Waals surface area contributed by atoms with Gasteiger partial charge in [-0.15, -0.1) is 0 Å². The number of nitrogens with zero attached hydrogens (tertiary/aromatic N) is 4. The molecule has 0 aromatic heterocycles. The van der Waals surface area contributed by atoms with Crippen LogP contribution in [0.2, 0.25) is 0 Å². The van der Waals surface area contributed by atoms with Crippen molar-refractivity contribution in [3.8, 4) is 0 Å². The number of carbonyl (C=O) groups is 1. The quantitative estimate of drug-likeness (QED) is 0.430. The van der Waals surface area contributed by atoms with Crippen LogP contribution in [0.3, 0.4) is 0 Å². The summed E-state index contributed by atoms with van der Waals surface area (Å²) in [5.74, 6) is -0.106. The number of guanidine groups is 1. The molecule has 0 aromatic carbocycles. The smallest absolute Gasteiger partial charge is 0.280 e. The Hall–Kier alpha value is -1.66. The van der Waals surface area contributed by atoms with Gasteiger partial charge >= 0.3 is 0 Å². The van der Waals surface area contributed by atoms with Gasteiger partial charge in [0.05, 0.1) is 0 Å². The zero-order valence-electron chi connectivity index (χ0n) is 8.13. The maximum Gasteiger partial charge on any atom is 0.280 e. The Kier molecular flexibility index (Phi) is 3.00. The molecule has 1 heterocycles. The highest BCUT2D eigenvalue weighted by molar-refractivity contribution is 5.96. The van der Waals surface area contributed by atoms with Gasteiger partial charge in [-0.1, -0.05) is 0 Å². The number of carbonyl (C=O) groups excluding carboxylic acids is 1. The Morgan fingerprint density at radius 1 is 1.57 bits per heavy atom. The number of amides is 1. The average molecular weight is 200 g/mol. The Bertz CT molecular complexity index is 289. The molecule has 1 amide bonds. The van der Waals surface area contributed by atoms with Gasteiger partial charge in [0.2, 0.25) is 5.91 Å².